The predicted molar refractivity (Wildman–Crippen MR) is 129 cm³/mol. The highest BCUT2D eigenvalue weighted by atomic mass is 79.9. The van der Waals surface area contributed by atoms with Gasteiger partial charge in [-0.3, -0.25) is 9.69 Å². The smallest absolute Gasteiger partial charge is 0.328 e. The van der Waals surface area contributed by atoms with Crippen molar-refractivity contribution in [2.24, 2.45) is 0 Å². The van der Waals surface area contributed by atoms with E-state index in [0.29, 0.717) is 35.8 Å². The summed E-state index contributed by atoms with van der Waals surface area (Å²) in [5.74, 6) is -2.08. The number of carbonyl (C=O) groups excluding carboxylic acids is 1. The van der Waals surface area contributed by atoms with E-state index >= 15 is 0 Å². The highest BCUT2D eigenvalue weighted by molar-refractivity contribution is 9.10. The average molecular weight is 517 g/mol. The van der Waals surface area contributed by atoms with E-state index in [4.69, 9.17) is 14.9 Å². The van der Waals surface area contributed by atoms with Crippen molar-refractivity contribution >= 4 is 33.7 Å². The van der Waals surface area contributed by atoms with Crippen molar-refractivity contribution in [1.29, 1.82) is 0 Å². The summed E-state index contributed by atoms with van der Waals surface area (Å²) in [4.78, 5) is 37.8. The molecule has 2 N–H and O–H groups in total. The second-order valence-corrected chi connectivity index (χ2v) is 7.44. The average Bonchev–Trinajstić information content (AvgIpc) is 2.78. The molecule has 0 unspecified atom stereocenters. The Morgan fingerprint density at radius 3 is 2.12 bits per heavy atom. The number of rotatable bonds is 11. The van der Waals surface area contributed by atoms with Gasteiger partial charge in [-0.15, -0.1) is 6.58 Å². The zero-order chi connectivity index (χ0) is 24.6. The number of pyridine rings is 1. The van der Waals surface area contributed by atoms with Crippen LogP contribution < -0.4 is 4.74 Å². The fourth-order valence-electron chi connectivity index (χ4n) is 2.26. The van der Waals surface area contributed by atoms with Crippen LogP contribution in [0.15, 0.2) is 84.0 Å². The molecule has 8 nitrogen and oxygen atoms in total. The molecule has 0 aliphatic heterocycles. The Morgan fingerprint density at radius 2 is 1.61 bits per heavy atom. The monoisotopic (exact) mass is 516 g/mol. The van der Waals surface area contributed by atoms with Crippen LogP contribution in [0.25, 0.3) is 0 Å². The number of nitrogens with zero attached hydrogens (tertiary/aromatic N) is 2. The zero-order valence-corrected chi connectivity index (χ0v) is 19.6. The summed E-state index contributed by atoms with van der Waals surface area (Å²) < 4.78 is 6.49. The third-order valence-electron chi connectivity index (χ3n) is 3.83. The first-order valence-electron chi connectivity index (χ1n) is 9.70. The summed E-state index contributed by atoms with van der Waals surface area (Å²) in [6, 6.07) is 10.7. The number of aliphatic carboxylic acids is 2. The topological polar surface area (TPSA) is 117 Å². The highest BCUT2D eigenvalue weighted by Gasteiger charge is 2.09. The van der Waals surface area contributed by atoms with Crippen LogP contribution in [-0.4, -0.2) is 64.6 Å². The lowest BCUT2D eigenvalue weighted by atomic mass is 10.1. The molecule has 174 valence electrons. The molecule has 2 aromatic rings. The fraction of sp³-hybridized carbons (Fsp3) is 0.167. The number of carboxylic acids is 2. The Bertz CT molecular complexity index is 969. The molecule has 0 fully saturated rings. The lowest BCUT2D eigenvalue weighted by Gasteiger charge is -2.10. The van der Waals surface area contributed by atoms with Gasteiger partial charge in [-0.25, -0.2) is 14.6 Å². The van der Waals surface area contributed by atoms with Gasteiger partial charge in [0.25, 0.3) is 0 Å². The van der Waals surface area contributed by atoms with E-state index in [1.54, 1.807) is 30.5 Å². The van der Waals surface area contributed by atoms with Crippen molar-refractivity contribution in [1.82, 2.24) is 9.88 Å². The van der Waals surface area contributed by atoms with E-state index in [0.717, 1.165) is 17.6 Å². The van der Waals surface area contributed by atoms with Crippen LogP contribution >= 0.6 is 15.9 Å². The summed E-state index contributed by atoms with van der Waals surface area (Å²) in [5, 5.41) is 15.6. The standard InChI is InChI=1S/C20H21BrN2O2.C4H4O4/c1-3-12-23(2)13-4-5-14-25-19-11-8-17(15-22-19)20(24)16-6-9-18(21)10-7-16;5-3(6)1-2-4(7)8/h3-11,15H,1,12-14H2,2H3;1-2H,(H,5,6)(H,7,8)/b5-4+;2-1+. The molecule has 0 amide bonds. The summed E-state index contributed by atoms with van der Waals surface area (Å²) in [6.07, 6.45) is 8.51. The number of carboxylic acid groups (broad SMARTS) is 2. The second-order valence-electron chi connectivity index (χ2n) is 6.52. The first kappa shape index (κ1) is 27.5. The Hall–Kier alpha value is -3.56. The van der Waals surface area contributed by atoms with Gasteiger partial charge in [0, 0.05) is 53.1 Å². The van der Waals surface area contributed by atoms with Crippen LogP contribution in [0.5, 0.6) is 5.88 Å². The molecule has 0 bridgehead atoms. The van der Waals surface area contributed by atoms with E-state index in [1.807, 2.05) is 37.4 Å². The molecule has 0 aliphatic carbocycles. The van der Waals surface area contributed by atoms with Crippen LogP contribution in [0, 0.1) is 0 Å². The highest BCUT2D eigenvalue weighted by Crippen LogP contribution is 2.15. The van der Waals surface area contributed by atoms with Crippen LogP contribution in [0.2, 0.25) is 0 Å². The number of hydrogen-bond donors (Lipinski definition) is 2. The first-order chi connectivity index (χ1) is 15.7. The molecule has 0 aliphatic rings. The van der Waals surface area contributed by atoms with Crippen molar-refractivity contribution in [3.05, 3.63) is 95.2 Å². The number of halogens is 1. The molecule has 33 heavy (non-hydrogen) atoms. The van der Waals surface area contributed by atoms with Gasteiger partial charge in [-0.2, -0.15) is 0 Å². The first-order valence-corrected chi connectivity index (χ1v) is 10.5. The zero-order valence-electron chi connectivity index (χ0n) is 18.1. The lowest BCUT2D eigenvalue weighted by Crippen LogP contribution is -2.17. The van der Waals surface area contributed by atoms with E-state index in [-0.39, 0.29) is 5.78 Å². The SMILES string of the molecule is C=CCN(C)C/C=C/COc1ccc(C(=O)c2ccc(Br)cc2)cn1.O=C(O)/C=C/C(=O)O. The number of aromatic nitrogens is 1. The Kier molecular flexibility index (Phi) is 12.7. The molecule has 1 aromatic heterocycles. The molecule has 0 radical (unpaired) electrons. The fourth-order valence-corrected chi connectivity index (χ4v) is 2.53. The second kappa shape index (κ2) is 15.3. The largest absolute Gasteiger partial charge is 0.478 e. The molecular formula is C24H25BrN2O6. The number of ketones is 1. The van der Waals surface area contributed by atoms with Crippen molar-refractivity contribution in [3.63, 3.8) is 0 Å². The molecule has 0 saturated heterocycles. The van der Waals surface area contributed by atoms with Crippen LogP contribution in [0.4, 0.5) is 0 Å². The van der Waals surface area contributed by atoms with Gasteiger partial charge < -0.3 is 14.9 Å². The van der Waals surface area contributed by atoms with Crippen LogP contribution in [0.1, 0.15) is 15.9 Å². The van der Waals surface area contributed by atoms with Crippen molar-refractivity contribution in [2.75, 3.05) is 26.7 Å². The summed E-state index contributed by atoms with van der Waals surface area (Å²) >= 11 is 3.36. The molecule has 0 atom stereocenters. The van der Waals surface area contributed by atoms with E-state index in [1.165, 1.54) is 0 Å². The molecule has 9 heteroatoms. The van der Waals surface area contributed by atoms with Crippen molar-refractivity contribution < 1.29 is 29.3 Å². The molecule has 2 rings (SSSR count). The van der Waals surface area contributed by atoms with Gasteiger partial charge in [0.1, 0.15) is 6.61 Å². The maximum Gasteiger partial charge on any atom is 0.328 e. The number of hydrogen-bond acceptors (Lipinski definition) is 6. The van der Waals surface area contributed by atoms with Gasteiger partial charge in [0.15, 0.2) is 5.78 Å². The van der Waals surface area contributed by atoms with Crippen LogP contribution in [0.3, 0.4) is 0 Å². The number of carbonyl (C=O) groups is 3. The van der Waals surface area contributed by atoms with Crippen molar-refractivity contribution in [2.45, 2.75) is 0 Å². The van der Waals surface area contributed by atoms with Gasteiger partial charge in [-0.05, 0) is 37.4 Å². The molecule has 0 spiro atoms. The molecule has 0 saturated carbocycles. The number of benzene rings is 1. The van der Waals surface area contributed by atoms with E-state index in [9.17, 15) is 14.4 Å². The summed E-state index contributed by atoms with van der Waals surface area (Å²) in [5.41, 5.74) is 1.17. The molecule has 1 aromatic carbocycles. The quantitative estimate of drug-likeness (QED) is 0.262. The minimum absolute atomic E-state index is 0.0586. The maximum atomic E-state index is 12.4. The van der Waals surface area contributed by atoms with Crippen LogP contribution in [-0.2, 0) is 9.59 Å². The number of ether oxygens (including phenoxy) is 1. The van der Waals surface area contributed by atoms with Gasteiger partial charge >= 0.3 is 11.9 Å². The molecular weight excluding hydrogens is 492 g/mol. The minimum atomic E-state index is -1.26. The number of likely N-dealkylation sites (N-methyl/N-ethyl adjacent to an activating group) is 1. The Balaban J connectivity index is 0.000000582. The van der Waals surface area contributed by atoms with Crippen molar-refractivity contribution in [3.8, 4) is 5.88 Å². The van der Waals surface area contributed by atoms with Gasteiger partial charge in [0.05, 0.1) is 0 Å². The minimum Gasteiger partial charge on any atom is -0.478 e. The lowest BCUT2D eigenvalue weighted by molar-refractivity contribution is -0.134. The Morgan fingerprint density at radius 1 is 1.00 bits per heavy atom. The third kappa shape index (κ3) is 12.2. The normalized spacial score (nSPS) is 10.6. The van der Waals surface area contributed by atoms with E-state index < -0.39 is 11.9 Å². The van der Waals surface area contributed by atoms with Gasteiger partial charge in [-0.1, -0.05) is 34.2 Å². The molecule has 1 heterocycles. The Labute approximate surface area is 200 Å². The maximum absolute atomic E-state index is 12.4. The summed E-state index contributed by atoms with van der Waals surface area (Å²) in [6.45, 7) is 5.83. The predicted octanol–water partition coefficient (Wildman–Crippen LogP) is 3.84. The summed E-state index contributed by atoms with van der Waals surface area (Å²) in [7, 11) is 2.02. The van der Waals surface area contributed by atoms with Gasteiger partial charge in [0.2, 0.25) is 5.88 Å². The third-order valence-corrected chi connectivity index (χ3v) is 4.35. The van der Waals surface area contributed by atoms with E-state index in [2.05, 4.69) is 32.4 Å².